The number of aromatic nitrogens is 1. The first-order chi connectivity index (χ1) is 8.20. The van der Waals surface area contributed by atoms with Gasteiger partial charge in [0.15, 0.2) is 0 Å². The van der Waals surface area contributed by atoms with Crippen molar-refractivity contribution in [1.29, 1.82) is 0 Å². The van der Waals surface area contributed by atoms with E-state index in [1.165, 1.54) is 17.3 Å². The fourth-order valence-corrected chi connectivity index (χ4v) is 2.09. The maximum absolute atomic E-state index is 12.1. The molecule has 0 aromatic carbocycles. The number of nitrogens with zero attached hydrogens (tertiary/aromatic N) is 2. The number of carboxylic acid groups (broad SMARTS) is 1. The summed E-state index contributed by atoms with van der Waals surface area (Å²) in [7, 11) is 0. The number of piperidine rings is 1. The maximum atomic E-state index is 12.1. The lowest BCUT2D eigenvalue weighted by Crippen LogP contribution is -2.47. The Labute approximate surface area is 99.1 Å². The van der Waals surface area contributed by atoms with E-state index in [0.717, 1.165) is 12.8 Å². The molecule has 0 spiro atoms. The van der Waals surface area contributed by atoms with Gasteiger partial charge < -0.3 is 10.0 Å². The van der Waals surface area contributed by atoms with Crippen molar-refractivity contribution < 1.29 is 14.7 Å². The molecule has 1 aromatic heterocycles. The normalized spacial score (nSPS) is 20.0. The number of rotatable bonds is 2. The van der Waals surface area contributed by atoms with Crippen molar-refractivity contribution in [2.24, 2.45) is 0 Å². The molecular weight excluding hydrogens is 220 g/mol. The molecule has 1 aliphatic rings. The fourth-order valence-electron chi connectivity index (χ4n) is 2.09. The van der Waals surface area contributed by atoms with Crippen LogP contribution < -0.4 is 0 Å². The van der Waals surface area contributed by atoms with Crippen LogP contribution in [0.2, 0.25) is 0 Å². The number of carbonyl (C=O) groups is 2. The summed E-state index contributed by atoms with van der Waals surface area (Å²) in [5.74, 6) is -1.15. The molecule has 0 aliphatic carbocycles. The highest BCUT2D eigenvalue weighted by atomic mass is 16.4. The highest BCUT2D eigenvalue weighted by molar-refractivity contribution is 5.96. The van der Waals surface area contributed by atoms with Crippen molar-refractivity contribution in [2.45, 2.75) is 25.3 Å². The summed E-state index contributed by atoms with van der Waals surface area (Å²) < 4.78 is 0. The van der Waals surface area contributed by atoms with Crippen molar-refractivity contribution in [2.75, 3.05) is 6.54 Å². The first kappa shape index (κ1) is 11.6. The van der Waals surface area contributed by atoms with Crippen molar-refractivity contribution >= 4 is 11.9 Å². The van der Waals surface area contributed by atoms with Gasteiger partial charge in [0.25, 0.3) is 5.91 Å². The largest absolute Gasteiger partial charge is 0.480 e. The van der Waals surface area contributed by atoms with Gasteiger partial charge in [-0.15, -0.1) is 0 Å². The van der Waals surface area contributed by atoms with E-state index < -0.39 is 12.0 Å². The van der Waals surface area contributed by atoms with E-state index in [4.69, 9.17) is 5.11 Å². The Bertz CT molecular complexity index is 419. The highest BCUT2D eigenvalue weighted by Crippen LogP contribution is 2.19. The van der Waals surface area contributed by atoms with Gasteiger partial charge in [0.1, 0.15) is 6.04 Å². The molecule has 0 radical (unpaired) electrons. The molecule has 1 saturated heterocycles. The molecule has 2 rings (SSSR count). The van der Waals surface area contributed by atoms with Crippen LogP contribution in [0.15, 0.2) is 24.5 Å². The van der Waals surface area contributed by atoms with Gasteiger partial charge in [-0.25, -0.2) is 4.79 Å². The zero-order valence-corrected chi connectivity index (χ0v) is 9.37. The van der Waals surface area contributed by atoms with E-state index in [1.54, 1.807) is 12.1 Å². The van der Waals surface area contributed by atoms with Crippen molar-refractivity contribution in [1.82, 2.24) is 9.88 Å². The van der Waals surface area contributed by atoms with E-state index in [2.05, 4.69) is 4.98 Å². The van der Waals surface area contributed by atoms with Crippen LogP contribution in [-0.2, 0) is 4.79 Å². The van der Waals surface area contributed by atoms with Gasteiger partial charge in [-0.05, 0) is 31.4 Å². The Hall–Kier alpha value is -1.91. The minimum Gasteiger partial charge on any atom is -0.480 e. The van der Waals surface area contributed by atoms with Crippen LogP contribution in [0.1, 0.15) is 29.6 Å². The Morgan fingerprint density at radius 3 is 2.65 bits per heavy atom. The molecule has 2 heterocycles. The van der Waals surface area contributed by atoms with E-state index in [-0.39, 0.29) is 5.91 Å². The first-order valence-electron chi connectivity index (χ1n) is 5.64. The number of hydrogen-bond donors (Lipinski definition) is 1. The van der Waals surface area contributed by atoms with Gasteiger partial charge in [-0.1, -0.05) is 0 Å². The first-order valence-corrected chi connectivity index (χ1v) is 5.64. The second-order valence-corrected chi connectivity index (χ2v) is 4.08. The predicted molar refractivity (Wildman–Crippen MR) is 60.5 cm³/mol. The van der Waals surface area contributed by atoms with Gasteiger partial charge in [0.2, 0.25) is 0 Å². The average molecular weight is 234 g/mol. The summed E-state index contributed by atoms with van der Waals surface area (Å²) >= 11 is 0. The third kappa shape index (κ3) is 2.43. The van der Waals surface area contributed by atoms with Gasteiger partial charge in [0.05, 0.1) is 0 Å². The molecule has 0 bridgehead atoms. The molecule has 1 aliphatic heterocycles. The lowest BCUT2D eigenvalue weighted by Gasteiger charge is -2.32. The third-order valence-electron chi connectivity index (χ3n) is 2.98. The maximum Gasteiger partial charge on any atom is 0.326 e. The molecular formula is C12H14N2O3. The quantitative estimate of drug-likeness (QED) is 0.833. The monoisotopic (exact) mass is 234 g/mol. The highest BCUT2D eigenvalue weighted by Gasteiger charge is 2.32. The van der Waals surface area contributed by atoms with Crippen molar-refractivity contribution in [3.8, 4) is 0 Å². The van der Waals surface area contributed by atoms with Crippen LogP contribution in [0.5, 0.6) is 0 Å². The van der Waals surface area contributed by atoms with Crippen molar-refractivity contribution in [3.05, 3.63) is 30.1 Å². The number of carboxylic acids is 1. The fraction of sp³-hybridized carbons (Fsp3) is 0.417. The second kappa shape index (κ2) is 4.95. The molecule has 90 valence electrons. The Morgan fingerprint density at radius 1 is 1.29 bits per heavy atom. The van der Waals surface area contributed by atoms with Gasteiger partial charge in [0, 0.05) is 24.5 Å². The molecule has 5 heteroatoms. The molecule has 17 heavy (non-hydrogen) atoms. The molecule has 1 fully saturated rings. The summed E-state index contributed by atoms with van der Waals surface area (Å²) in [6.45, 7) is 0.512. The average Bonchev–Trinajstić information content (AvgIpc) is 2.39. The summed E-state index contributed by atoms with van der Waals surface area (Å²) in [6.07, 6.45) is 5.32. The molecule has 1 amide bonds. The van der Waals surface area contributed by atoms with Gasteiger partial charge >= 0.3 is 5.97 Å². The molecule has 1 aromatic rings. The standard InChI is InChI=1S/C12H14N2O3/c15-11(9-4-6-13-7-5-9)14-8-2-1-3-10(14)12(16)17/h4-7,10H,1-3,8H2,(H,16,17)/t10-/m0/s1. The van der Waals surface area contributed by atoms with Crippen LogP contribution in [0.3, 0.4) is 0 Å². The zero-order valence-electron chi connectivity index (χ0n) is 9.37. The molecule has 1 N–H and O–H groups in total. The summed E-state index contributed by atoms with van der Waals surface area (Å²) in [4.78, 5) is 28.5. The van der Waals surface area contributed by atoms with Crippen LogP contribution in [0, 0.1) is 0 Å². The smallest absolute Gasteiger partial charge is 0.326 e. The van der Waals surface area contributed by atoms with Crippen LogP contribution in [0.4, 0.5) is 0 Å². The SMILES string of the molecule is O=C(O)[C@@H]1CCCCN1C(=O)c1ccncc1. The lowest BCUT2D eigenvalue weighted by atomic mass is 10.0. The molecule has 1 atom stereocenters. The Morgan fingerprint density at radius 2 is 2.00 bits per heavy atom. The van der Waals surface area contributed by atoms with E-state index in [0.29, 0.717) is 18.5 Å². The Balaban J connectivity index is 2.20. The third-order valence-corrected chi connectivity index (χ3v) is 2.98. The van der Waals surface area contributed by atoms with Crippen LogP contribution in [0.25, 0.3) is 0 Å². The van der Waals surface area contributed by atoms with E-state index in [9.17, 15) is 9.59 Å². The molecule has 0 unspecified atom stereocenters. The number of pyridine rings is 1. The topological polar surface area (TPSA) is 70.5 Å². The summed E-state index contributed by atoms with van der Waals surface area (Å²) in [5.41, 5.74) is 0.494. The zero-order chi connectivity index (χ0) is 12.3. The van der Waals surface area contributed by atoms with Crippen LogP contribution >= 0.6 is 0 Å². The number of aliphatic carboxylic acids is 1. The van der Waals surface area contributed by atoms with E-state index >= 15 is 0 Å². The molecule has 5 nitrogen and oxygen atoms in total. The Kier molecular flexibility index (Phi) is 3.37. The van der Waals surface area contributed by atoms with Gasteiger partial charge in [-0.2, -0.15) is 0 Å². The summed E-state index contributed by atoms with van der Waals surface area (Å²) in [6, 6.07) is 2.52. The van der Waals surface area contributed by atoms with Crippen LogP contribution in [-0.4, -0.2) is 39.5 Å². The minimum absolute atomic E-state index is 0.223. The number of carbonyl (C=O) groups excluding carboxylic acids is 1. The predicted octanol–water partition coefficient (Wildman–Crippen LogP) is 1.16. The number of amides is 1. The van der Waals surface area contributed by atoms with Gasteiger partial charge in [-0.3, -0.25) is 9.78 Å². The van der Waals surface area contributed by atoms with E-state index in [1.807, 2.05) is 0 Å². The number of hydrogen-bond acceptors (Lipinski definition) is 3. The molecule has 0 saturated carbocycles. The number of likely N-dealkylation sites (tertiary alicyclic amines) is 1. The minimum atomic E-state index is -0.924. The van der Waals surface area contributed by atoms with Crippen molar-refractivity contribution in [3.63, 3.8) is 0 Å². The summed E-state index contributed by atoms with van der Waals surface area (Å²) in [5, 5.41) is 9.10. The lowest BCUT2D eigenvalue weighted by molar-refractivity contribution is -0.143. The second-order valence-electron chi connectivity index (χ2n) is 4.08.